The van der Waals surface area contributed by atoms with Crippen LogP contribution in [0.15, 0.2) is 59.5 Å². The molecule has 0 bridgehead atoms. The van der Waals surface area contributed by atoms with Crippen LogP contribution in [0.2, 0.25) is 0 Å². The number of ether oxygens (including phenoxy) is 3. The monoisotopic (exact) mass is 605 g/mol. The highest BCUT2D eigenvalue weighted by Crippen LogP contribution is 2.28. The molecule has 0 aliphatic rings. The number of non-ortho nitro benzene ring substituents is 1. The van der Waals surface area contributed by atoms with E-state index in [0.29, 0.717) is 44.0 Å². The van der Waals surface area contributed by atoms with Gasteiger partial charge in [-0.05, 0) is 61.7 Å². The number of methoxy groups -OCH3 is 3. The fourth-order valence-electron chi connectivity index (χ4n) is 4.16. The lowest BCUT2D eigenvalue weighted by Crippen LogP contribution is -2.43. The normalized spacial score (nSPS) is 11.4. The molecule has 0 saturated carbocycles. The number of nitro benzene ring substituents is 1. The van der Waals surface area contributed by atoms with Crippen LogP contribution in [0.1, 0.15) is 21.7 Å². The van der Waals surface area contributed by atoms with Crippen LogP contribution in [0, 0.1) is 17.0 Å². The van der Waals surface area contributed by atoms with Gasteiger partial charge in [0.05, 0.1) is 37.1 Å². The maximum absolute atomic E-state index is 13.7. The van der Waals surface area contributed by atoms with E-state index in [1.807, 2.05) is 31.2 Å². The Morgan fingerprint density at radius 1 is 0.976 bits per heavy atom. The van der Waals surface area contributed by atoms with Crippen LogP contribution in [0.5, 0.6) is 11.5 Å². The molecule has 0 aliphatic heterocycles. The van der Waals surface area contributed by atoms with Crippen LogP contribution in [0.3, 0.4) is 0 Å². The lowest BCUT2D eigenvalue weighted by atomic mass is 10.1. The first-order valence-corrected chi connectivity index (χ1v) is 15.1. The Balaban J connectivity index is 1.86. The van der Waals surface area contributed by atoms with Gasteiger partial charge >= 0.3 is 0 Å². The predicted molar refractivity (Wildman–Crippen MR) is 156 cm³/mol. The van der Waals surface area contributed by atoms with Gasteiger partial charge in [-0.25, -0.2) is 8.42 Å². The summed E-state index contributed by atoms with van der Waals surface area (Å²) < 4.78 is 44.0. The minimum Gasteiger partial charge on any atom is -0.493 e. The van der Waals surface area contributed by atoms with E-state index in [4.69, 9.17) is 14.2 Å². The van der Waals surface area contributed by atoms with Crippen LogP contribution in [0.4, 0.5) is 5.69 Å². The van der Waals surface area contributed by atoms with E-state index in [1.54, 1.807) is 36.5 Å². The molecule has 0 N–H and O–H groups in total. The predicted octanol–water partition coefficient (Wildman–Crippen LogP) is 4.28. The van der Waals surface area contributed by atoms with Crippen molar-refractivity contribution < 1.29 is 32.3 Å². The van der Waals surface area contributed by atoms with Gasteiger partial charge in [0, 0.05) is 48.7 Å². The number of aryl methyl sites for hydroxylation is 1. The number of thiophene rings is 1. The smallest absolute Gasteiger partial charge is 0.269 e. The summed E-state index contributed by atoms with van der Waals surface area (Å²) in [6, 6.07) is 14.1. The van der Waals surface area contributed by atoms with Crippen LogP contribution in [-0.4, -0.2) is 76.0 Å². The maximum Gasteiger partial charge on any atom is 0.269 e. The molecule has 0 radical (unpaired) electrons. The largest absolute Gasteiger partial charge is 0.493 e. The molecule has 0 saturated heterocycles. The van der Waals surface area contributed by atoms with Crippen molar-refractivity contribution in [1.82, 2.24) is 9.21 Å². The first-order valence-electron chi connectivity index (χ1n) is 12.9. The summed E-state index contributed by atoms with van der Waals surface area (Å²) in [5, 5.41) is 11.0. The number of amides is 1. The Kier molecular flexibility index (Phi) is 11.6. The van der Waals surface area contributed by atoms with E-state index in [1.165, 1.54) is 19.2 Å². The van der Waals surface area contributed by atoms with Gasteiger partial charge in [-0.1, -0.05) is 6.07 Å². The zero-order valence-corrected chi connectivity index (χ0v) is 25.2. The molecule has 0 fully saturated rings. The third-order valence-corrected chi connectivity index (χ3v) is 9.21. The minimum atomic E-state index is -4.13. The molecule has 3 aromatic rings. The van der Waals surface area contributed by atoms with Crippen LogP contribution < -0.4 is 9.47 Å². The van der Waals surface area contributed by atoms with Gasteiger partial charge in [0.2, 0.25) is 15.9 Å². The van der Waals surface area contributed by atoms with Gasteiger partial charge in [-0.2, -0.15) is 4.31 Å². The quantitative estimate of drug-likeness (QED) is 0.134. The molecule has 0 aliphatic carbocycles. The Bertz CT molecular complexity index is 1420. The summed E-state index contributed by atoms with van der Waals surface area (Å²) in [6.07, 6.45) is 0.876. The summed E-state index contributed by atoms with van der Waals surface area (Å²) in [5.74, 6) is 0.816. The lowest BCUT2D eigenvalue weighted by molar-refractivity contribution is -0.384. The topological polar surface area (TPSA) is 129 Å². The van der Waals surface area contributed by atoms with Crippen molar-refractivity contribution >= 4 is 33.0 Å². The van der Waals surface area contributed by atoms with Gasteiger partial charge in [-0.15, -0.1) is 11.3 Å². The van der Waals surface area contributed by atoms with Crippen molar-refractivity contribution in [2.45, 2.75) is 31.2 Å². The number of sulfonamides is 1. The zero-order valence-electron chi connectivity index (χ0n) is 23.6. The molecule has 3 rings (SSSR count). The first-order chi connectivity index (χ1) is 19.6. The molecule has 11 nitrogen and oxygen atoms in total. The van der Waals surface area contributed by atoms with E-state index in [9.17, 15) is 23.3 Å². The summed E-state index contributed by atoms with van der Waals surface area (Å²) >= 11 is 1.57. The zero-order chi connectivity index (χ0) is 30.0. The van der Waals surface area contributed by atoms with E-state index in [0.717, 1.165) is 31.8 Å². The number of carbonyl (C=O) groups is 1. The third kappa shape index (κ3) is 8.73. The molecule has 0 atom stereocenters. The van der Waals surface area contributed by atoms with E-state index >= 15 is 0 Å². The molecule has 2 aromatic carbocycles. The second kappa shape index (κ2) is 14.9. The number of hydrogen-bond donors (Lipinski definition) is 0. The van der Waals surface area contributed by atoms with Crippen molar-refractivity contribution in [2.75, 3.05) is 47.6 Å². The highest BCUT2D eigenvalue weighted by molar-refractivity contribution is 7.89. The molecule has 1 amide bonds. The number of nitrogens with zero attached hydrogens (tertiary/aromatic N) is 3. The number of carbonyl (C=O) groups excluding carboxylic acids is 1. The third-order valence-electron chi connectivity index (χ3n) is 6.37. The minimum absolute atomic E-state index is 0.0422. The number of nitro groups is 1. The van der Waals surface area contributed by atoms with E-state index in [-0.39, 0.29) is 29.6 Å². The van der Waals surface area contributed by atoms with Gasteiger partial charge in [0.1, 0.15) is 0 Å². The Morgan fingerprint density at radius 3 is 2.27 bits per heavy atom. The van der Waals surface area contributed by atoms with Crippen LogP contribution in [0.25, 0.3) is 0 Å². The standard InChI is InChI=1S/C28H35N3O8S2/c1-21-6-10-24(40-21)19-29(16-14-22-7-13-26(38-3)27(18-22)39-4)28(32)20-30(15-5-17-37-2)41(35,36)25-11-8-23(9-12-25)31(33)34/h6-13,18H,5,14-17,19-20H2,1-4H3. The molecule has 1 aromatic heterocycles. The average molecular weight is 606 g/mol. The van der Waals surface area contributed by atoms with E-state index in [2.05, 4.69) is 0 Å². The van der Waals surface area contributed by atoms with Crippen LogP contribution in [-0.2, 0) is 32.5 Å². The lowest BCUT2D eigenvalue weighted by Gasteiger charge is -2.27. The highest BCUT2D eigenvalue weighted by Gasteiger charge is 2.29. The second-order valence-electron chi connectivity index (χ2n) is 9.20. The highest BCUT2D eigenvalue weighted by atomic mass is 32.2. The second-order valence-corrected chi connectivity index (χ2v) is 12.5. The van der Waals surface area contributed by atoms with Gasteiger partial charge in [0.15, 0.2) is 11.5 Å². The fraction of sp³-hybridized carbons (Fsp3) is 0.393. The molecule has 0 spiro atoms. The molecule has 41 heavy (non-hydrogen) atoms. The van der Waals surface area contributed by atoms with Crippen LogP contribution >= 0.6 is 11.3 Å². The Hall–Kier alpha value is -3.52. The van der Waals surface area contributed by atoms with Crippen molar-refractivity contribution in [1.29, 1.82) is 0 Å². The van der Waals surface area contributed by atoms with Gasteiger partial charge in [0.25, 0.3) is 5.69 Å². The molecular formula is C28H35N3O8S2. The van der Waals surface area contributed by atoms with E-state index < -0.39 is 14.9 Å². The molecule has 1 heterocycles. The number of hydrogen-bond acceptors (Lipinski definition) is 9. The summed E-state index contributed by atoms with van der Waals surface area (Å²) in [5.41, 5.74) is 0.705. The first kappa shape index (κ1) is 32.0. The SMILES string of the molecule is COCCCN(CC(=O)N(CCc1ccc(OC)c(OC)c1)Cc1ccc(C)s1)S(=O)(=O)c1ccc([N+](=O)[O-])cc1. The molecule has 0 unspecified atom stereocenters. The maximum atomic E-state index is 13.7. The molecule has 222 valence electrons. The average Bonchev–Trinajstić information content (AvgIpc) is 3.38. The number of benzene rings is 2. The summed E-state index contributed by atoms with van der Waals surface area (Å²) in [6.45, 7) is 2.61. The summed E-state index contributed by atoms with van der Waals surface area (Å²) in [4.78, 5) is 27.8. The molecular weight excluding hydrogens is 570 g/mol. The Morgan fingerprint density at radius 2 is 1.68 bits per heavy atom. The van der Waals surface area contributed by atoms with Crippen molar-refractivity contribution in [2.24, 2.45) is 0 Å². The number of rotatable bonds is 16. The Labute approximate surface area is 244 Å². The van der Waals surface area contributed by atoms with Crippen molar-refractivity contribution in [3.63, 3.8) is 0 Å². The van der Waals surface area contributed by atoms with Gasteiger partial charge in [-0.3, -0.25) is 14.9 Å². The van der Waals surface area contributed by atoms with Crippen molar-refractivity contribution in [3.8, 4) is 11.5 Å². The molecule has 13 heteroatoms. The van der Waals surface area contributed by atoms with Crippen molar-refractivity contribution in [3.05, 3.63) is 80.0 Å². The fourth-order valence-corrected chi connectivity index (χ4v) is 6.49. The summed E-state index contributed by atoms with van der Waals surface area (Å²) in [7, 11) is 0.503. The van der Waals surface area contributed by atoms with Gasteiger partial charge < -0.3 is 19.1 Å².